The quantitative estimate of drug-likeness (QED) is 0.153. The molecule has 1 N–H and O–H groups in total. The van der Waals surface area contributed by atoms with Crippen LogP contribution in [-0.2, 0) is 9.63 Å². The summed E-state index contributed by atoms with van der Waals surface area (Å²) in [5.74, 6) is 0.979. The molecule has 0 unspecified atom stereocenters. The number of carbonyl (C=O) groups excluding carboxylic acids is 1. The first-order valence-electron chi connectivity index (χ1n) is 13.2. The normalized spacial score (nSPS) is 21.0. The van der Waals surface area contributed by atoms with E-state index in [0.29, 0.717) is 41.0 Å². The van der Waals surface area contributed by atoms with Gasteiger partial charge in [-0.1, -0.05) is 31.2 Å². The molecule has 218 valence electrons. The monoisotopic (exact) mass is 583 g/mol. The second kappa shape index (κ2) is 16.1. The van der Waals surface area contributed by atoms with E-state index in [1.807, 2.05) is 13.8 Å². The Morgan fingerprint density at radius 2 is 2.10 bits per heavy atom. The first-order valence-corrected chi connectivity index (χ1v) is 14.2. The fourth-order valence-corrected chi connectivity index (χ4v) is 5.30. The minimum atomic E-state index is -0.971. The van der Waals surface area contributed by atoms with Gasteiger partial charge in [0.05, 0.1) is 12.1 Å². The molecule has 2 atom stereocenters. The second-order valence-electron chi connectivity index (χ2n) is 9.92. The molecule has 2 aliphatic rings. The molecule has 10 nitrogen and oxygen atoms in total. The smallest absolute Gasteiger partial charge is 0.339 e. The van der Waals surface area contributed by atoms with Crippen LogP contribution in [-0.4, -0.2) is 90.7 Å². The zero-order chi connectivity index (χ0) is 27.5. The van der Waals surface area contributed by atoms with Crippen LogP contribution in [0.1, 0.15) is 51.8 Å². The van der Waals surface area contributed by atoms with Gasteiger partial charge < -0.3 is 29.1 Å². The molecule has 3 rings (SSSR count). The van der Waals surface area contributed by atoms with Crippen molar-refractivity contribution in [1.29, 1.82) is 0 Å². The zero-order valence-electron chi connectivity index (χ0n) is 23.4. The number of halogens is 1. The molecule has 39 heavy (non-hydrogen) atoms. The van der Waals surface area contributed by atoms with Gasteiger partial charge in [-0.15, -0.1) is 24.2 Å². The third-order valence-corrected chi connectivity index (χ3v) is 7.87. The molecule has 0 bridgehead atoms. The Hall–Kier alpha value is -2.34. The number of amides is 1. The molecule has 12 heteroatoms. The van der Waals surface area contributed by atoms with Gasteiger partial charge >= 0.3 is 5.63 Å². The molecule has 1 amide bonds. The fraction of sp³-hybridized carbons (Fsp3) is 0.630. The molecule has 0 saturated carbocycles. The molecule has 1 fully saturated rings. The van der Waals surface area contributed by atoms with Gasteiger partial charge in [0, 0.05) is 44.5 Å². The van der Waals surface area contributed by atoms with Crippen LogP contribution in [0.25, 0.3) is 0 Å². The molecule has 0 aliphatic carbocycles. The lowest BCUT2D eigenvalue weighted by molar-refractivity contribution is -0.125. The summed E-state index contributed by atoms with van der Waals surface area (Å²) < 4.78 is 10.9. The van der Waals surface area contributed by atoms with Crippen LogP contribution in [0.2, 0.25) is 0 Å². The zero-order valence-corrected chi connectivity index (χ0v) is 25.1. The summed E-state index contributed by atoms with van der Waals surface area (Å²) in [4.78, 5) is 40.5. The van der Waals surface area contributed by atoms with E-state index in [-0.39, 0.29) is 24.9 Å². The lowest BCUT2D eigenvalue weighted by Crippen LogP contribution is -2.45. The number of aliphatic imine (C=N–C) groups is 1. The number of nitrogens with one attached hydrogen (secondary N) is 1. The topological polar surface area (TPSA) is 109 Å². The Morgan fingerprint density at radius 1 is 1.36 bits per heavy atom. The van der Waals surface area contributed by atoms with Crippen LogP contribution >= 0.6 is 24.2 Å². The summed E-state index contributed by atoms with van der Waals surface area (Å²) in [6.45, 7) is 15.5. The van der Waals surface area contributed by atoms with Gasteiger partial charge in [0.1, 0.15) is 41.0 Å². The lowest BCUT2D eigenvalue weighted by atomic mass is 10.0. The van der Waals surface area contributed by atoms with Gasteiger partial charge in [0.2, 0.25) is 5.91 Å². The Bertz CT molecular complexity index is 1070. The lowest BCUT2D eigenvalue weighted by Gasteiger charge is -2.32. The van der Waals surface area contributed by atoms with E-state index in [4.69, 9.17) is 19.0 Å². The van der Waals surface area contributed by atoms with Crippen molar-refractivity contribution < 1.29 is 18.8 Å². The summed E-state index contributed by atoms with van der Waals surface area (Å²) in [5.41, 5.74) is -0.842. The Morgan fingerprint density at radius 3 is 2.79 bits per heavy atom. The summed E-state index contributed by atoms with van der Waals surface area (Å²) in [6.07, 6.45) is 3.89. The standard InChI is InChI=1S/C27H41N5O5S.ClH/c1-6-9-22(23-17-21(35-15-7-2)18-24(33)37-23)28-26(34)27(4)19-38-25(29-27)20(3)30-36-16-8-10-32-13-11-31(5)12-14-32;/h7,17-18,22H,2,6,8-16,19H2,1,3-5H3,(H,28,34);1H/b30-20+;/t22-,27+;/m1./s1. The molecule has 1 saturated heterocycles. The van der Waals surface area contributed by atoms with Crippen molar-refractivity contribution >= 4 is 40.8 Å². The van der Waals surface area contributed by atoms with Gasteiger partial charge in [-0.25, -0.2) is 4.79 Å². The van der Waals surface area contributed by atoms with Crippen molar-refractivity contribution in [3.63, 3.8) is 0 Å². The van der Waals surface area contributed by atoms with Gasteiger partial charge in [-0.3, -0.25) is 9.79 Å². The van der Waals surface area contributed by atoms with Crippen LogP contribution in [0.4, 0.5) is 0 Å². The summed E-state index contributed by atoms with van der Waals surface area (Å²) >= 11 is 1.49. The average molecular weight is 584 g/mol. The van der Waals surface area contributed by atoms with Crippen molar-refractivity contribution in [2.75, 3.05) is 58.7 Å². The SMILES string of the molecule is C=CCOc1cc([C@@H](CCC)NC(=O)[C@]2(C)CSC(/C(C)=N/OCCCN3CCN(C)CC3)=N2)oc(=O)c1.Cl. The van der Waals surface area contributed by atoms with Crippen molar-refractivity contribution in [3.8, 4) is 5.75 Å². The van der Waals surface area contributed by atoms with Crippen molar-refractivity contribution in [1.82, 2.24) is 15.1 Å². The predicted octanol–water partition coefficient (Wildman–Crippen LogP) is 3.52. The van der Waals surface area contributed by atoms with Crippen LogP contribution in [0.15, 0.2) is 44.1 Å². The number of thioether (sulfide) groups is 1. The molecular formula is C27H42ClN5O5S. The number of piperazine rings is 1. The highest BCUT2D eigenvalue weighted by Gasteiger charge is 2.40. The molecule has 3 heterocycles. The molecular weight excluding hydrogens is 542 g/mol. The summed E-state index contributed by atoms with van der Waals surface area (Å²) in [7, 11) is 2.15. The maximum Gasteiger partial charge on any atom is 0.339 e. The first-order chi connectivity index (χ1) is 18.2. The van der Waals surface area contributed by atoms with Crippen molar-refractivity contribution in [3.05, 3.63) is 41.0 Å². The van der Waals surface area contributed by atoms with Crippen LogP contribution in [0, 0.1) is 0 Å². The molecule has 0 spiro atoms. The number of likely N-dealkylation sites (N-methyl/N-ethyl adjacent to an activating group) is 1. The summed E-state index contributed by atoms with van der Waals surface area (Å²) in [5, 5.41) is 7.97. The van der Waals surface area contributed by atoms with Gasteiger partial charge in [0.25, 0.3) is 0 Å². The van der Waals surface area contributed by atoms with Crippen molar-refractivity contribution in [2.45, 2.75) is 51.6 Å². The Kier molecular flexibility index (Phi) is 13.5. The molecule has 0 aromatic carbocycles. The average Bonchev–Trinajstić information content (AvgIpc) is 3.31. The molecule has 1 aromatic rings. The largest absolute Gasteiger partial charge is 0.489 e. The van der Waals surface area contributed by atoms with E-state index < -0.39 is 17.2 Å². The highest BCUT2D eigenvalue weighted by atomic mass is 35.5. The Labute approximate surface area is 241 Å². The van der Waals surface area contributed by atoms with Crippen LogP contribution in [0.3, 0.4) is 0 Å². The summed E-state index contributed by atoms with van der Waals surface area (Å²) in [6, 6.07) is 2.44. The highest BCUT2D eigenvalue weighted by Crippen LogP contribution is 2.30. The van der Waals surface area contributed by atoms with E-state index in [2.05, 4.69) is 33.9 Å². The van der Waals surface area contributed by atoms with Crippen LogP contribution < -0.4 is 15.7 Å². The van der Waals surface area contributed by atoms with E-state index in [0.717, 1.165) is 45.6 Å². The number of carbonyl (C=O) groups is 1. The van der Waals surface area contributed by atoms with Crippen molar-refractivity contribution in [2.24, 2.45) is 10.1 Å². The van der Waals surface area contributed by atoms with E-state index in [1.54, 1.807) is 19.1 Å². The number of rotatable bonds is 14. The van der Waals surface area contributed by atoms with E-state index >= 15 is 0 Å². The van der Waals surface area contributed by atoms with Crippen LogP contribution in [0.5, 0.6) is 5.75 Å². The van der Waals surface area contributed by atoms with Gasteiger partial charge in [-0.2, -0.15) is 0 Å². The van der Waals surface area contributed by atoms with E-state index in [9.17, 15) is 9.59 Å². The number of hydrogen-bond donors (Lipinski definition) is 1. The minimum Gasteiger partial charge on any atom is -0.489 e. The maximum absolute atomic E-state index is 13.3. The third-order valence-electron chi connectivity index (χ3n) is 6.50. The fourth-order valence-electron chi connectivity index (χ4n) is 4.18. The number of oxime groups is 1. The van der Waals surface area contributed by atoms with E-state index in [1.165, 1.54) is 17.8 Å². The predicted molar refractivity (Wildman–Crippen MR) is 160 cm³/mol. The number of ether oxygens (including phenoxy) is 1. The molecule has 2 aliphatic heterocycles. The highest BCUT2D eigenvalue weighted by molar-refractivity contribution is 8.16. The maximum atomic E-state index is 13.3. The minimum absolute atomic E-state index is 0. The van der Waals surface area contributed by atoms with Gasteiger partial charge in [0.15, 0.2) is 0 Å². The number of hydrogen-bond acceptors (Lipinski definition) is 10. The number of nitrogens with zero attached hydrogens (tertiary/aromatic N) is 4. The second-order valence-corrected chi connectivity index (χ2v) is 10.9. The third kappa shape index (κ3) is 9.97. The molecule has 0 radical (unpaired) electrons. The molecule has 1 aromatic heterocycles. The van der Waals surface area contributed by atoms with Gasteiger partial charge in [-0.05, 0) is 33.7 Å². The first kappa shape index (κ1) is 32.9. The Balaban J connectivity index is 0.00000533.